The zero-order valence-corrected chi connectivity index (χ0v) is 18.8. The minimum absolute atomic E-state index is 0.00658. The summed E-state index contributed by atoms with van der Waals surface area (Å²) in [4.78, 5) is 37.5. The first-order chi connectivity index (χ1) is 15.9. The van der Waals surface area contributed by atoms with E-state index in [0.717, 1.165) is 28.6 Å². The van der Waals surface area contributed by atoms with Gasteiger partial charge in [0, 0.05) is 35.3 Å². The van der Waals surface area contributed by atoms with Crippen LogP contribution in [0.5, 0.6) is 0 Å². The minimum Gasteiger partial charge on any atom is -0.452 e. The molecule has 10 heteroatoms. The first-order valence-corrected chi connectivity index (χ1v) is 10.2. The van der Waals surface area contributed by atoms with Crippen LogP contribution in [0, 0.1) is 20.8 Å². The first-order valence-electron chi connectivity index (χ1n) is 10.2. The van der Waals surface area contributed by atoms with Crippen molar-refractivity contribution in [2.24, 2.45) is 0 Å². The number of allylic oxidation sites excluding steroid dienone is 1. The lowest BCUT2D eigenvalue weighted by Crippen LogP contribution is -2.26. The third kappa shape index (κ3) is 5.00. The molecule has 0 atom stereocenters. The average Bonchev–Trinajstić information content (AvgIpc) is 3.05. The molecule has 0 aliphatic carbocycles. The molecular formula is C24H22F3N3O4. The van der Waals surface area contributed by atoms with Gasteiger partial charge in [-0.2, -0.15) is 18.3 Å². The van der Waals surface area contributed by atoms with Gasteiger partial charge in [0.25, 0.3) is 0 Å². The maximum Gasteiger partial charge on any atom is 0.416 e. The van der Waals surface area contributed by atoms with E-state index in [1.54, 1.807) is 19.1 Å². The molecule has 3 rings (SSSR count). The lowest BCUT2D eigenvalue weighted by Gasteiger charge is -2.13. The number of carbonyl (C=O) groups is 2. The summed E-state index contributed by atoms with van der Waals surface area (Å²) in [6, 6.07) is 7.03. The summed E-state index contributed by atoms with van der Waals surface area (Å²) >= 11 is 0. The molecule has 0 saturated heterocycles. The second-order valence-corrected chi connectivity index (χ2v) is 7.64. The molecule has 0 radical (unpaired) electrons. The van der Waals surface area contributed by atoms with E-state index in [1.165, 1.54) is 19.1 Å². The summed E-state index contributed by atoms with van der Waals surface area (Å²) in [7, 11) is 0. The van der Waals surface area contributed by atoms with Gasteiger partial charge < -0.3 is 9.30 Å². The van der Waals surface area contributed by atoms with Crippen LogP contribution in [-0.4, -0.2) is 32.7 Å². The highest BCUT2D eigenvalue weighted by Gasteiger charge is 2.31. The molecule has 0 unspecified atom stereocenters. The van der Waals surface area contributed by atoms with Crippen molar-refractivity contribution in [1.82, 2.24) is 14.3 Å². The van der Waals surface area contributed by atoms with Crippen LogP contribution in [0.4, 0.5) is 13.2 Å². The quantitative estimate of drug-likeness (QED) is 0.292. The lowest BCUT2D eigenvalue weighted by molar-refractivity contribution is -0.137. The molecule has 0 fully saturated rings. The van der Waals surface area contributed by atoms with Gasteiger partial charge in [0.1, 0.15) is 0 Å². The fourth-order valence-electron chi connectivity index (χ4n) is 3.53. The van der Waals surface area contributed by atoms with E-state index < -0.39 is 41.2 Å². The van der Waals surface area contributed by atoms with E-state index in [1.807, 2.05) is 11.5 Å². The molecule has 0 bridgehead atoms. The maximum atomic E-state index is 13.1. The molecule has 0 aliphatic heterocycles. The molecular weight excluding hydrogens is 451 g/mol. The van der Waals surface area contributed by atoms with Crippen molar-refractivity contribution >= 4 is 11.8 Å². The van der Waals surface area contributed by atoms with Gasteiger partial charge in [0.15, 0.2) is 6.61 Å². The van der Waals surface area contributed by atoms with Crippen LogP contribution in [0.15, 0.2) is 53.8 Å². The normalized spacial score (nSPS) is 11.4. The Labute approximate surface area is 193 Å². The largest absolute Gasteiger partial charge is 0.452 e. The third-order valence-corrected chi connectivity index (χ3v) is 5.24. The highest BCUT2D eigenvalue weighted by atomic mass is 19.4. The van der Waals surface area contributed by atoms with E-state index in [9.17, 15) is 27.6 Å². The van der Waals surface area contributed by atoms with E-state index in [2.05, 4.69) is 11.7 Å². The summed E-state index contributed by atoms with van der Waals surface area (Å²) in [5.41, 5.74) is -0.233. The highest BCUT2D eigenvalue weighted by molar-refractivity contribution is 6.00. The van der Waals surface area contributed by atoms with Crippen molar-refractivity contribution in [1.29, 1.82) is 0 Å². The van der Waals surface area contributed by atoms with Gasteiger partial charge in [-0.05, 0) is 45.0 Å². The van der Waals surface area contributed by atoms with Crippen molar-refractivity contribution < 1.29 is 27.5 Å². The van der Waals surface area contributed by atoms with Gasteiger partial charge in [0.05, 0.1) is 11.3 Å². The monoisotopic (exact) mass is 473 g/mol. The van der Waals surface area contributed by atoms with Crippen LogP contribution < -0.4 is 5.43 Å². The number of rotatable bonds is 7. The van der Waals surface area contributed by atoms with Crippen molar-refractivity contribution in [3.8, 4) is 5.69 Å². The standard InChI is InChI=1S/C24H22F3N3O4/c1-5-9-29-14(2)10-19(16(29)4)21(32)13-34-23(33)22-20(31)11-15(3)30(28-22)18-8-6-7-17(12-18)24(25,26)27/h5-8,10-12H,1,9,13H2,2-4H3. The molecule has 3 aromatic rings. The number of aromatic nitrogens is 3. The maximum absolute atomic E-state index is 13.1. The first kappa shape index (κ1) is 24.7. The molecule has 0 aliphatic rings. The van der Waals surface area contributed by atoms with Gasteiger partial charge in [-0.1, -0.05) is 12.1 Å². The van der Waals surface area contributed by atoms with Gasteiger partial charge in [-0.3, -0.25) is 9.59 Å². The number of halogens is 3. The minimum atomic E-state index is -4.58. The summed E-state index contributed by atoms with van der Waals surface area (Å²) in [6.07, 6.45) is -2.89. The van der Waals surface area contributed by atoms with E-state index in [0.29, 0.717) is 17.8 Å². The summed E-state index contributed by atoms with van der Waals surface area (Å²) in [6.45, 7) is 8.59. The average molecular weight is 473 g/mol. The van der Waals surface area contributed by atoms with Crippen LogP contribution in [0.1, 0.15) is 43.5 Å². The van der Waals surface area contributed by atoms with E-state index >= 15 is 0 Å². The molecule has 2 heterocycles. The SMILES string of the molecule is C=CCn1c(C)cc(C(=O)COC(=O)c2nn(-c3cccc(C(F)(F)F)c3)c(C)cc2=O)c1C. The number of Topliss-reactive ketones (excluding diaryl/α,β-unsaturated/α-hetero) is 1. The summed E-state index contributed by atoms with van der Waals surface area (Å²) in [5, 5.41) is 3.91. The van der Waals surface area contributed by atoms with Crippen LogP contribution in [0.25, 0.3) is 5.69 Å². The highest BCUT2D eigenvalue weighted by Crippen LogP contribution is 2.30. The molecule has 0 N–H and O–H groups in total. The number of carbonyl (C=O) groups excluding carboxylic acids is 2. The van der Waals surface area contributed by atoms with E-state index in [-0.39, 0.29) is 11.4 Å². The molecule has 34 heavy (non-hydrogen) atoms. The Morgan fingerprint density at radius 3 is 2.47 bits per heavy atom. The van der Waals surface area contributed by atoms with Crippen molar-refractivity contribution in [2.45, 2.75) is 33.5 Å². The molecule has 0 spiro atoms. The Bertz CT molecular complexity index is 1340. The second-order valence-electron chi connectivity index (χ2n) is 7.64. The van der Waals surface area contributed by atoms with Crippen LogP contribution >= 0.6 is 0 Å². The van der Waals surface area contributed by atoms with Crippen molar-refractivity contribution in [3.63, 3.8) is 0 Å². The number of aryl methyl sites for hydroxylation is 2. The zero-order valence-electron chi connectivity index (χ0n) is 18.8. The molecule has 0 saturated carbocycles. The Hall–Kier alpha value is -3.95. The number of hydrogen-bond acceptors (Lipinski definition) is 5. The van der Waals surface area contributed by atoms with Crippen LogP contribution in [-0.2, 0) is 17.5 Å². The molecule has 1 aromatic carbocycles. The summed E-state index contributed by atoms with van der Waals surface area (Å²) in [5.74, 6) is -1.62. The lowest BCUT2D eigenvalue weighted by atomic mass is 10.1. The molecule has 178 valence electrons. The van der Waals surface area contributed by atoms with Gasteiger partial charge in [-0.15, -0.1) is 6.58 Å². The number of alkyl halides is 3. The molecule has 7 nitrogen and oxygen atoms in total. The van der Waals surface area contributed by atoms with Crippen LogP contribution in [0.3, 0.4) is 0 Å². The fraction of sp³-hybridized carbons (Fsp3) is 0.250. The van der Waals surface area contributed by atoms with Gasteiger partial charge >= 0.3 is 12.1 Å². The Morgan fingerprint density at radius 1 is 1.12 bits per heavy atom. The second kappa shape index (κ2) is 9.50. The van der Waals surface area contributed by atoms with Gasteiger partial charge in [0.2, 0.25) is 16.9 Å². The molecule has 2 aromatic heterocycles. The smallest absolute Gasteiger partial charge is 0.416 e. The topological polar surface area (TPSA) is 83.2 Å². The van der Waals surface area contributed by atoms with Crippen molar-refractivity contribution in [2.75, 3.05) is 6.61 Å². The van der Waals surface area contributed by atoms with Crippen molar-refractivity contribution in [3.05, 3.63) is 93.2 Å². The number of ketones is 1. The molecule has 0 amide bonds. The predicted octanol–water partition coefficient (Wildman–Crippen LogP) is 4.20. The fourth-order valence-corrected chi connectivity index (χ4v) is 3.53. The number of ether oxygens (including phenoxy) is 1. The van der Waals surface area contributed by atoms with E-state index in [4.69, 9.17) is 4.74 Å². The van der Waals surface area contributed by atoms with Crippen LogP contribution in [0.2, 0.25) is 0 Å². The zero-order chi connectivity index (χ0) is 25.2. The Balaban J connectivity index is 1.85. The number of esters is 1. The Morgan fingerprint density at radius 2 is 1.82 bits per heavy atom. The summed E-state index contributed by atoms with van der Waals surface area (Å²) < 4.78 is 47.2. The number of benzene rings is 1. The Kier molecular flexibility index (Phi) is 6.90. The number of nitrogens with zero attached hydrogens (tertiary/aromatic N) is 3. The van der Waals surface area contributed by atoms with Gasteiger partial charge in [-0.25, -0.2) is 9.48 Å². The third-order valence-electron chi connectivity index (χ3n) is 5.24. The number of hydrogen-bond donors (Lipinski definition) is 0. The predicted molar refractivity (Wildman–Crippen MR) is 118 cm³/mol.